The molecule has 0 bridgehead atoms. The van der Waals surface area contributed by atoms with Crippen molar-refractivity contribution in [1.29, 1.82) is 0 Å². The lowest BCUT2D eigenvalue weighted by Crippen LogP contribution is -2.49. The molecule has 2 aliphatic heterocycles. The Balaban J connectivity index is 1.42. The van der Waals surface area contributed by atoms with Crippen LogP contribution in [0.3, 0.4) is 0 Å². The summed E-state index contributed by atoms with van der Waals surface area (Å²) < 4.78 is 5.87. The van der Waals surface area contributed by atoms with Gasteiger partial charge in [-0.05, 0) is 55.9 Å². The van der Waals surface area contributed by atoms with E-state index in [1.165, 1.54) is 12.0 Å². The first-order chi connectivity index (χ1) is 12.7. The molecule has 0 saturated carbocycles. The van der Waals surface area contributed by atoms with Crippen LogP contribution in [0.1, 0.15) is 44.1 Å². The molecule has 144 valence electrons. The highest BCUT2D eigenvalue weighted by atomic mass is 16.5. The minimum absolute atomic E-state index is 0.0152. The fourth-order valence-corrected chi connectivity index (χ4v) is 4.13. The molecule has 0 aliphatic carbocycles. The first-order valence-electron chi connectivity index (χ1n) is 10.00. The average Bonchev–Trinajstić information content (AvgIpc) is 2.70. The van der Waals surface area contributed by atoms with Crippen LogP contribution in [0.5, 0.6) is 0 Å². The SMILES string of the molecule is O=C(NCCc1ccccc1)N1CCC(CO)(C[C@H]2CCCCO2)CC1. The monoisotopic (exact) mass is 360 g/mol. The third kappa shape index (κ3) is 5.21. The molecule has 2 N–H and O–H groups in total. The van der Waals surface area contributed by atoms with Crippen molar-refractivity contribution in [1.82, 2.24) is 10.2 Å². The molecular weight excluding hydrogens is 328 g/mol. The molecule has 5 heteroatoms. The number of rotatable bonds is 6. The topological polar surface area (TPSA) is 61.8 Å². The summed E-state index contributed by atoms with van der Waals surface area (Å²) >= 11 is 0. The van der Waals surface area contributed by atoms with Crippen LogP contribution >= 0.6 is 0 Å². The summed E-state index contributed by atoms with van der Waals surface area (Å²) in [6.07, 6.45) is 7.24. The maximum Gasteiger partial charge on any atom is 0.317 e. The van der Waals surface area contributed by atoms with Crippen molar-refractivity contribution in [2.24, 2.45) is 5.41 Å². The lowest BCUT2D eigenvalue weighted by molar-refractivity contribution is -0.0444. The van der Waals surface area contributed by atoms with Gasteiger partial charge in [0.25, 0.3) is 0 Å². The Morgan fingerprint density at radius 3 is 2.65 bits per heavy atom. The van der Waals surface area contributed by atoms with Gasteiger partial charge in [0.2, 0.25) is 0 Å². The largest absolute Gasteiger partial charge is 0.396 e. The van der Waals surface area contributed by atoms with Crippen LogP contribution in [0.4, 0.5) is 4.79 Å². The van der Waals surface area contributed by atoms with E-state index in [0.717, 1.165) is 45.1 Å². The van der Waals surface area contributed by atoms with Crippen LogP contribution in [0.25, 0.3) is 0 Å². The van der Waals surface area contributed by atoms with Crippen molar-refractivity contribution in [3.8, 4) is 0 Å². The van der Waals surface area contributed by atoms with Crippen LogP contribution < -0.4 is 5.32 Å². The number of carbonyl (C=O) groups excluding carboxylic acids is 1. The van der Waals surface area contributed by atoms with Gasteiger partial charge in [0.1, 0.15) is 0 Å². The lowest BCUT2D eigenvalue weighted by Gasteiger charge is -2.43. The molecule has 2 amide bonds. The minimum Gasteiger partial charge on any atom is -0.396 e. The van der Waals surface area contributed by atoms with Gasteiger partial charge in [-0.3, -0.25) is 0 Å². The number of benzene rings is 1. The van der Waals surface area contributed by atoms with E-state index in [2.05, 4.69) is 17.4 Å². The minimum atomic E-state index is -0.0805. The standard InChI is InChI=1S/C21H32N2O3/c24-17-21(16-19-8-4-5-15-26-19)10-13-23(14-11-21)20(25)22-12-9-18-6-2-1-3-7-18/h1-3,6-7,19,24H,4-5,8-17H2,(H,22,25)/t19-/m1/s1. The number of hydrogen-bond acceptors (Lipinski definition) is 3. The molecule has 26 heavy (non-hydrogen) atoms. The number of ether oxygens (including phenoxy) is 1. The summed E-state index contributed by atoms with van der Waals surface area (Å²) in [4.78, 5) is 14.3. The second kappa shape index (κ2) is 9.38. The lowest BCUT2D eigenvalue weighted by atomic mass is 9.74. The summed E-state index contributed by atoms with van der Waals surface area (Å²) in [5.41, 5.74) is 1.15. The summed E-state index contributed by atoms with van der Waals surface area (Å²) in [5.74, 6) is 0. The van der Waals surface area contributed by atoms with Gasteiger partial charge >= 0.3 is 6.03 Å². The molecule has 3 rings (SSSR count). The quantitative estimate of drug-likeness (QED) is 0.820. The number of urea groups is 1. The van der Waals surface area contributed by atoms with E-state index in [0.29, 0.717) is 19.6 Å². The predicted molar refractivity (Wildman–Crippen MR) is 102 cm³/mol. The van der Waals surface area contributed by atoms with Crippen molar-refractivity contribution >= 4 is 6.03 Å². The van der Waals surface area contributed by atoms with Gasteiger partial charge in [0.15, 0.2) is 0 Å². The predicted octanol–water partition coefficient (Wildman–Crippen LogP) is 2.97. The molecule has 5 nitrogen and oxygen atoms in total. The molecule has 1 atom stereocenters. The normalized spacial score (nSPS) is 22.8. The van der Waals surface area contributed by atoms with E-state index in [1.54, 1.807) is 0 Å². The molecule has 2 fully saturated rings. The Labute approximate surface area is 156 Å². The highest BCUT2D eigenvalue weighted by Gasteiger charge is 2.38. The third-order valence-electron chi connectivity index (χ3n) is 5.91. The first-order valence-corrected chi connectivity index (χ1v) is 10.00. The zero-order valence-corrected chi connectivity index (χ0v) is 15.7. The van der Waals surface area contributed by atoms with Crippen LogP contribution in [-0.4, -0.2) is 55.0 Å². The Hall–Kier alpha value is -1.59. The van der Waals surface area contributed by atoms with Gasteiger partial charge in [-0.15, -0.1) is 0 Å². The summed E-state index contributed by atoms with van der Waals surface area (Å²) in [6.45, 7) is 3.12. The van der Waals surface area contributed by atoms with Gasteiger partial charge < -0.3 is 20.1 Å². The third-order valence-corrected chi connectivity index (χ3v) is 5.91. The molecule has 2 heterocycles. The van der Waals surface area contributed by atoms with Gasteiger partial charge in [-0.1, -0.05) is 30.3 Å². The zero-order valence-electron chi connectivity index (χ0n) is 15.7. The molecule has 1 aromatic rings. The molecular formula is C21H32N2O3. The highest BCUT2D eigenvalue weighted by Crippen LogP contribution is 2.38. The van der Waals surface area contributed by atoms with E-state index in [1.807, 2.05) is 23.1 Å². The number of carbonyl (C=O) groups is 1. The van der Waals surface area contributed by atoms with E-state index in [4.69, 9.17) is 4.74 Å². The van der Waals surface area contributed by atoms with Gasteiger partial charge in [-0.2, -0.15) is 0 Å². The van der Waals surface area contributed by atoms with Gasteiger partial charge in [0.05, 0.1) is 6.10 Å². The van der Waals surface area contributed by atoms with Crippen molar-refractivity contribution in [2.75, 3.05) is 32.8 Å². The number of likely N-dealkylation sites (tertiary alicyclic amines) is 1. The average molecular weight is 360 g/mol. The second-order valence-corrected chi connectivity index (χ2v) is 7.81. The number of amides is 2. The van der Waals surface area contributed by atoms with Crippen LogP contribution in [0.2, 0.25) is 0 Å². The molecule has 0 radical (unpaired) electrons. The van der Waals surface area contributed by atoms with Crippen LogP contribution in [0, 0.1) is 5.41 Å². The Morgan fingerprint density at radius 1 is 1.23 bits per heavy atom. The van der Waals surface area contributed by atoms with Crippen molar-refractivity contribution in [3.63, 3.8) is 0 Å². The van der Waals surface area contributed by atoms with Crippen LogP contribution in [-0.2, 0) is 11.2 Å². The Kier molecular flexibility index (Phi) is 6.92. The maximum absolute atomic E-state index is 12.4. The smallest absolute Gasteiger partial charge is 0.317 e. The van der Waals surface area contributed by atoms with Crippen molar-refractivity contribution in [2.45, 2.75) is 51.0 Å². The second-order valence-electron chi connectivity index (χ2n) is 7.81. The number of hydrogen-bond donors (Lipinski definition) is 2. The van der Waals surface area contributed by atoms with Crippen LogP contribution in [0.15, 0.2) is 30.3 Å². The fraction of sp³-hybridized carbons (Fsp3) is 0.667. The number of nitrogens with zero attached hydrogens (tertiary/aromatic N) is 1. The van der Waals surface area contributed by atoms with Gasteiger partial charge in [0, 0.05) is 32.8 Å². The number of piperidine rings is 1. The molecule has 0 spiro atoms. The fourth-order valence-electron chi connectivity index (χ4n) is 4.13. The van der Waals surface area contributed by atoms with E-state index in [-0.39, 0.29) is 24.2 Å². The zero-order chi connectivity index (χ0) is 18.2. The molecule has 0 aromatic heterocycles. The summed E-state index contributed by atoms with van der Waals surface area (Å²) in [7, 11) is 0. The Morgan fingerprint density at radius 2 is 2.00 bits per heavy atom. The molecule has 0 unspecified atom stereocenters. The van der Waals surface area contributed by atoms with Crippen molar-refractivity contribution < 1.29 is 14.6 Å². The number of aliphatic hydroxyl groups is 1. The van der Waals surface area contributed by atoms with E-state index < -0.39 is 0 Å². The molecule has 2 aliphatic rings. The first kappa shape index (κ1) is 19.2. The number of aliphatic hydroxyl groups excluding tert-OH is 1. The molecule has 1 aromatic carbocycles. The van der Waals surface area contributed by atoms with Crippen molar-refractivity contribution in [3.05, 3.63) is 35.9 Å². The summed E-state index contributed by atoms with van der Waals surface area (Å²) in [6, 6.07) is 10.2. The highest BCUT2D eigenvalue weighted by molar-refractivity contribution is 5.74. The molecule has 2 saturated heterocycles. The summed E-state index contributed by atoms with van der Waals surface area (Å²) in [5, 5.41) is 13.0. The Bertz CT molecular complexity index is 550. The van der Waals surface area contributed by atoms with E-state index in [9.17, 15) is 9.90 Å². The van der Waals surface area contributed by atoms with Gasteiger partial charge in [-0.25, -0.2) is 4.79 Å². The maximum atomic E-state index is 12.4. The number of nitrogens with one attached hydrogen (secondary N) is 1. The van der Waals surface area contributed by atoms with E-state index >= 15 is 0 Å².